The molecule has 5 nitrogen and oxygen atoms in total. The lowest BCUT2D eigenvalue weighted by molar-refractivity contribution is -0.141. The molecule has 0 aromatic heterocycles. The van der Waals surface area contributed by atoms with Gasteiger partial charge < -0.3 is 15.2 Å². The number of amides is 1. The van der Waals surface area contributed by atoms with Crippen molar-refractivity contribution in [2.24, 2.45) is 11.8 Å². The second-order valence-electron chi connectivity index (χ2n) is 5.55. The average Bonchev–Trinajstić information content (AvgIpc) is 2.97. The van der Waals surface area contributed by atoms with Crippen molar-refractivity contribution < 1.29 is 19.4 Å². The first-order valence-electron chi connectivity index (χ1n) is 7.18. The Labute approximate surface area is 124 Å². The number of hydrogen-bond donors (Lipinski definition) is 2. The van der Waals surface area contributed by atoms with E-state index in [2.05, 4.69) is 5.32 Å². The summed E-state index contributed by atoms with van der Waals surface area (Å²) >= 11 is 0. The van der Waals surface area contributed by atoms with Crippen LogP contribution in [0.4, 0.5) is 0 Å². The smallest absolute Gasteiger partial charge is 0.306 e. The van der Waals surface area contributed by atoms with Crippen molar-refractivity contribution in [3.05, 3.63) is 29.8 Å². The molecule has 2 rings (SSSR count). The molecule has 0 heterocycles. The van der Waals surface area contributed by atoms with Gasteiger partial charge in [-0.15, -0.1) is 0 Å². The van der Waals surface area contributed by atoms with Gasteiger partial charge in [-0.1, -0.05) is 12.1 Å². The number of benzene rings is 1. The molecule has 0 aliphatic heterocycles. The summed E-state index contributed by atoms with van der Waals surface area (Å²) in [6.07, 6.45) is 1.68. The second-order valence-corrected chi connectivity index (χ2v) is 5.55. The molecule has 0 bridgehead atoms. The predicted molar refractivity (Wildman–Crippen MR) is 78.0 cm³/mol. The fraction of sp³-hybridized carbons (Fsp3) is 0.500. The quantitative estimate of drug-likeness (QED) is 0.873. The molecule has 1 aromatic carbocycles. The first-order valence-corrected chi connectivity index (χ1v) is 7.18. The Hall–Kier alpha value is -2.04. The summed E-state index contributed by atoms with van der Waals surface area (Å²) in [5.74, 6) is -0.642. The zero-order valence-corrected chi connectivity index (χ0v) is 12.3. The molecular weight excluding hydrogens is 270 g/mol. The minimum atomic E-state index is -0.798. The minimum Gasteiger partial charge on any atom is -0.497 e. The third kappa shape index (κ3) is 3.74. The molecule has 1 saturated carbocycles. The van der Waals surface area contributed by atoms with Crippen LogP contribution in [0, 0.1) is 11.8 Å². The third-order valence-corrected chi connectivity index (χ3v) is 4.13. The third-order valence-electron chi connectivity index (χ3n) is 4.13. The molecule has 1 aromatic rings. The van der Waals surface area contributed by atoms with Crippen LogP contribution in [0.25, 0.3) is 0 Å². The van der Waals surface area contributed by atoms with E-state index in [4.69, 9.17) is 9.84 Å². The molecular formula is C16H21NO4. The van der Waals surface area contributed by atoms with E-state index >= 15 is 0 Å². The van der Waals surface area contributed by atoms with E-state index < -0.39 is 5.97 Å². The molecule has 3 atom stereocenters. The van der Waals surface area contributed by atoms with E-state index in [0.717, 1.165) is 11.3 Å². The van der Waals surface area contributed by atoms with E-state index in [9.17, 15) is 9.59 Å². The van der Waals surface area contributed by atoms with E-state index in [1.807, 2.05) is 31.2 Å². The zero-order chi connectivity index (χ0) is 15.4. The number of hydrogen-bond acceptors (Lipinski definition) is 3. The van der Waals surface area contributed by atoms with Gasteiger partial charge in [-0.25, -0.2) is 0 Å². The number of carboxylic acid groups (broad SMARTS) is 1. The minimum absolute atomic E-state index is 0.0536. The zero-order valence-electron chi connectivity index (χ0n) is 12.3. The van der Waals surface area contributed by atoms with Crippen LogP contribution >= 0.6 is 0 Å². The number of carboxylic acids is 1. The Morgan fingerprint density at radius 3 is 2.38 bits per heavy atom. The molecule has 0 spiro atoms. The number of ether oxygens (including phenoxy) is 1. The van der Waals surface area contributed by atoms with Crippen molar-refractivity contribution in [3.63, 3.8) is 0 Å². The lowest BCUT2D eigenvalue weighted by Gasteiger charge is -2.17. The number of aliphatic carboxylic acids is 1. The van der Waals surface area contributed by atoms with Crippen molar-refractivity contribution in [3.8, 4) is 5.75 Å². The van der Waals surface area contributed by atoms with Crippen LogP contribution in [0.15, 0.2) is 24.3 Å². The second kappa shape index (κ2) is 6.61. The van der Waals surface area contributed by atoms with Gasteiger partial charge in [0.05, 0.1) is 19.1 Å². The van der Waals surface area contributed by atoms with Crippen LogP contribution < -0.4 is 10.1 Å². The highest BCUT2D eigenvalue weighted by atomic mass is 16.5. The van der Waals surface area contributed by atoms with Crippen molar-refractivity contribution in [2.45, 2.75) is 32.2 Å². The Balaban J connectivity index is 1.91. The van der Waals surface area contributed by atoms with Crippen LogP contribution in [-0.2, 0) is 9.59 Å². The van der Waals surface area contributed by atoms with Crippen LogP contribution in [0.2, 0.25) is 0 Å². The topological polar surface area (TPSA) is 75.6 Å². The maximum Gasteiger partial charge on any atom is 0.306 e. The highest BCUT2D eigenvalue weighted by Crippen LogP contribution is 2.31. The van der Waals surface area contributed by atoms with Crippen molar-refractivity contribution in [2.75, 3.05) is 7.11 Å². The molecule has 1 fully saturated rings. The Morgan fingerprint density at radius 2 is 1.86 bits per heavy atom. The first kappa shape index (κ1) is 15.4. The average molecular weight is 291 g/mol. The number of carbonyl (C=O) groups is 2. The van der Waals surface area contributed by atoms with Gasteiger partial charge in [-0.2, -0.15) is 0 Å². The summed E-state index contributed by atoms with van der Waals surface area (Å²) in [6.45, 7) is 1.92. The maximum absolute atomic E-state index is 12.2. The largest absolute Gasteiger partial charge is 0.497 e. The fourth-order valence-electron chi connectivity index (χ4n) is 2.75. The fourth-order valence-corrected chi connectivity index (χ4v) is 2.75. The van der Waals surface area contributed by atoms with Crippen LogP contribution in [-0.4, -0.2) is 24.1 Å². The summed E-state index contributed by atoms with van der Waals surface area (Å²) in [5, 5.41) is 11.9. The standard InChI is InChI=1S/C16H21NO4/c1-10(11-5-7-14(21-2)8-6-11)17-15(18)12-3-4-13(9-12)16(19)20/h5-8,10,12-13H,3-4,9H2,1-2H3,(H,17,18)(H,19,20)/t10-,12-,13+/m1/s1. The van der Waals surface area contributed by atoms with Gasteiger partial charge in [0.1, 0.15) is 5.75 Å². The van der Waals surface area contributed by atoms with Crippen molar-refractivity contribution in [1.29, 1.82) is 0 Å². The van der Waals surface area contributed by atoms with Crippen molar-refractivity contribution in [1.82, 2.24) is 5.32 Å². The Morgan fingerprint density at radius 1 is 1.24 bits per heavy atom. The Kier molecular flexibility index (Phi) is 4.83. The lowest BCUT2D eigenvalue weighted by Crippen LogP contribution is -2.32. The Bertz CT molecular complexity index is 512. The maximum atomic E-state index is 12.2. The summed E-state index contributed by atoms with van der Waals surface area (Å²) in [5.41, 5.74) is 0.997. The molecule has 0 radical (unpaired) electrons. The molecule has 1 aliphatic carbocycles. The molecule has 1 amide bonds. The summed E-state index contributed by atoms with van der Waals surface area (Å²) in [6, 6.07) is 7.44. The van der Waals surface area contributed by atoms with Crippen LogP contribution in [0.5, 0.6) is 5.75 Å². The molecule has 1 aliphatic rings. The summed E-state index contributed by atoms with van der Waals surface area (Å²) < 4.78 is 5.10. The number of nitrogens with one attached hydrogen (secondary N) is 1. The van der Waals surface area contributed by atoms with Crippen LogP contribution in [0.3, 0.4) is 0 Å². The molecule has 2 N–H and O–H groups in total. The predicted octanol–water partition coefficient (Wildman–Crippen LogP) is 2.37. The van der Waals surface area contributed by atoms with E-state index in [0.29, 0.717) is 19.3 Å². The molecule has 0 saturated heterocycles. The highest BCUT2D eigenvalue weighted by Gasteiger charge is 2.34. The molecule has 0 unspecified atom stereocenters. The summed E-state index contributed by atoms with van der Waals surface area (Å²) in [7, 11) is 1.61. The van der Waals surface area contributed by atoms with Gasteiger partial charge in [0.25, 0.3) is 0 Å². The number of rotatable bonds is 5. The highest BCUT2D eigenvalue weighted by molar-refractivity contribution is 5.81. The van der Waals surface area contributed by atoms with Crippen LogP contribution in [0.1, 0.15) is 37.8 Å². The monoisotopic (exact) mass is 291 g/mol. The van der Waals surface area contributed by atoms with Gasteiger partial charge in [0.15, 0.2) is 0 Å². The van der Waals surface area contributed by atoms with Gasteiger partial charge in [0.2, 0.25) is 5.91 Å². The van der Waals surface area contributed by atoms with E-state index in [1.165, 1.54) is 0 Å². The molecule has 114 valence electrons. The van der Waals surface area contributed by atoms with Gasteiger partial charge in [-0.3, -0.25) is 9.59 Å². The first-order chi connectivity index (χ1) is 10.0. The lowest BCUT2D eigenvalue weighted by atomic mass is 10.0. The van der Waals surface area contributed by atoms with Gasteiger partial charge in [0, 0.05) is 5.92 Å². The summed E-state index contributed by atoms with van der Waals surface area (Å²) in [4.78, 5) is 23.1. The molecule has 21 heavy (non-hydrogen) atoms. The number of carbonyl (C=O) groups excluding carboxylic acids is 1. The van der Waals surface area contributed by atoms with E-state index in [-0.39, 0.29) is 23.8 Å². The van der Waals surface area contributed by atoms with E-state index in [1.54, 1.807) is 7.11 Å². The number of methoxy groups -OCH3 is 1. The molecule has 5 heteroatoms. The van der Waals surface area contributed by atoms with Crippen molar-refractivity contribution >= 4 is 11.9 Å². The van der Waals surface area contributed by atoms with Gasteiger partial charge >= 0.3 is 5.97 Å². The van der Waals surface area contributed by atoms with Gasteiger partial charge in [-0.05, 0) is 43.9 Å². The normalized spacial score (nSPS) is 22.6. The SMILES string of the molecule is COc1ccc([C@@H](C)NC(=O)[C@@H]2CC[C@H](C(=O)O)C2)cc1.